The molecule has 0 spiro atoms. The number of anilines is 1. The molecular formula is C15H17FN2O2S. The normalized spacial score (nSPS) is 10.4. The SMILES string of the molecule is CCCCOC(=O)Nc1nc(-c2ccc(F)cc2)c(C)s1. The Bertz CT molecular complexity index is 611. The van der Waals surface area contributed by atoms with E-state index in [0.29, 0.717) is 11.7 Å². The third-order valence-corrected chi connectivity index (χ3v) is 3.74. The van der Waals surface area contributed by atoms with Crippen LogP contribution in [-0.2, 0) is 4.74 Å². The van der Waals surface area contributed by atoms with Crippen LogP contribution in [0, 0.1) is 12.7 Å². The van der Waals surface area contributed by atoms with Gasteiger partial charge in [-0.1, -0.05) is 13.3 Å². The number of carbonyl (C=O) groups is 1. The maximum Gasteiger partial charge on any atom is 0.413 e. The van der Waals surface area contributed by atoms with E-state index in [0.717, 1.165) is 29.0 Å². The zero-order valence-electron chi connectivity index (χ0n) is 12.0. The van der Waals surface area contributed by atoms with Gasteiger partial charge in [0.05, 0.1) is 12.3 Å². The lowest BCUT2D eigenvalue weighted by atomic mass is 10.1. The number of nitrogens with one attached hydrogen (secondary N) is 1. The van der Waals surface area contributed by atoms with Crippen molar-refractivity contribution in [2.75, 3.05) is 11.9 Å². The lowest BCUT2D eigenvalue weighted by Crippen LogP contribution is -2.14. The summed E-state index contributed by atoms with van der Waals surface area (Å²) in [5.74, 6) is -0.288. The molecule has 0 aliphatic heterocycles. The summed E-state index contributed by atoms with van der Waals surface area (Å²) in [5.41, 5.74) is 1.56. The Morgan fingerprint density at radius 3 is 2.76 bits per heavy atom. The second kappa shape index (κ2) is 7.17. The molecule has 1 N–H and O–H groups in total. The fourth-order valence-electron chi connectivity index (χ4n) is 1.76. The molecule has 1 aromatic heterocycles. The summed E-state index contributed by atoms with van der Waals surface area (Å²) in [6.07, 6.45) is 1.31. The van der Waals surface area contributed by atoms with Crippen LogP contribution in [0.3, 0.4) is 0 Å². The van der Waals surface area contributed by atoms with Crippen LogP contribution in [0.5, 0.6) is 0 Å². The summed E-state index contributed by atoms with van der Waals surface area (Å²) in [4.78, 5) is 16.9. The average molecular weight is 308 g/mol. The summed E-state index contributed by atoms with van der Waals surface area (Å²) < 4.78 is 18.0. The van der Waals surface area contributed by atoms with E-state index in [4.69, 9.17) is 4.74 Å². The van der Waals surface area contributed by atoms with Crippen LogP contribution < -0.4 is 5.32 Å². The first-order valence-corrected chi connectivity index (χ1v) is 7.59. The lowest BCUT2D eigenvalue weighted by Gasteiger charge is -2.03. The molecule has 0 aliphatic carbocycles. The summed E-state index contributed by atoms with van der Waals surface area (Å²) in [6, 6.07) is 6.11. The van der Waals surface area contributed by atoms with Gasteiger partial charge in [-0.3, -0.25) is 5.32 Å². The number of carbonyl (C=O) groups excluding carboxylic acids is 1. The first kappa shape index (κ1) is 15.4. The molecule has 1 heterocycles. The maximum atomic E-state index is 12.9. The van der Waals surface area contributed by atoms with Crippen molar-refractivity contribution >= 4 is 22.6 Å². The molecular weight excluding hydrogens is 291 g/mol. The van der Waals surface area contributed by atoms with Crippen LogP contribution in [0.1, 0.15) is 24.6 Å². The smallest absolute Gasteiger partial charge is 0.413 e. The highest BCUT2D eigenvalue weighted by molar-refractivity contribution is 7.16. The van der Waals surface area contributed by atoms with Crippen LogP contribution in [0.15, 0.2) is 24.3 Å². The molecule has 1 amide bonds. The average Bonchev–Trinajstić information content (AvgIpc) is 2.80. The molecule has 0 aliphatic rings. The van der Waals surface area contributed by atoms with Crippen molar-refractivity contribution in [1.29, 1.82) is 0 Å². The molecule has 0 fully saturated rings. The van der Waals surface area contributed by atoms with E-state index < -0.39 is 6.09 Å². The van der Waals surface area contributed by atoms with E-state index in [-0.39, 0.29) is 5.82 Å². The number of amides is 1. The second-order valence-corrected chi connectivity index (χ2v) is 5.75. The van der Waals surface area contributed by atoms with Crippen molar-refractivity contribution in [2.45, 2.75) is 26.7 Å². The highest BCUT2D eigenvalue weighted by Crippen LogP contribution is 2.30. The Hall–Kier alpha value is -1.95. The van der Waals surface area contributed by atoms with Gasteiger partial charge in [-0.2, -0.15) is 0 Å². The molecule has 0 radical (unpaired) electrons. The van der Waals surface area contributed by atoms with E-state index in [2.05, 4.69) is 10.3 Å². The zero-order valence-corrected chi connectivity index (χ0v) is 12.8. The third kappa shape index (κ3) is 4.26. The van der Waals surface area contributed by atoms with Gasteiger partial charge in [-0.15, -0.1) is 11.3 Å². The fraction of sp³-hybridized carbons (Fsp3) is 0.333. The molecule has 0 saturated carbocycles. The van der Waals surface area contributed by atoms with E-state index in [1.165, 1.54) is 23.5 Å². The fourth-order valence-corrected chi connectivity index (χ4v) is 2.58. The van der Waals surface area contributed by atoms with Crippen molar-refractivity contribution < 1.29 is 13.9 Å². The number of hydrogen-bond acceptors (Lipinski definition) is 4. The van der Waals surface area contributed by atoms with Gasteiger partial charge >= 0.3 is 6.09 Å². The highest BCUT2D eigenvalue weighted by atomic mass is 32.1. The minimum atomic E-state index is -0.497. The van der Waals surface area contributed by atoms with Gasteiger partial charge in [-0.05, 0) is 37.6 Å². The van der Waals surface area contributed by atoms with Gasteiger partial charge in [-0.25, -0.2) is 14.2 Å². The monoisotopic (exact) mass is 308 g/mol. The number of thiazole rings is 1. The van der Waals surface area contributed by atoms with Gasteiger partial charge in [0.1, 0.15) is 5.82 Å². The number of hydrogen-bond donors (Lipinski definition) is 1. The molecule has 0 atom stereocenters. The van der Waals surface area contributed by atoms with Gasteiger partial charge in [0.25, 0.3) is 0 Å². The first-order chi connectivity index (χ1) is 10.1. The number of halogens is 1. The summed E-state index contributed by atoms with van der Waals surface area (Å²) in [5, 5.41) is 3.10. The van der Waals surface area contributed by atoms with Crippen LogP contribution >= 0.6 is 11.3 Å². The van der Waals surface area contributed by atoms with E-state index in [9.17, 15) is 9.18 Å². The van der Waals surface area contributed by atoms with Crippen LogP contribution in [-0.4, -0.2) is 17.7 Å². The van der Waals surface area contributed by atoms with Crippen LogP contribution in [0.4, 0.5) is 14.3 Å². The van der Waals surface area contributed by atoms with E-state index in [1.54, 1.807) is 12.1 Å². The first-order valence-electron chi connectivity index (χ1n) is 6.77. The van der Waals surface area contributed by atoms with Crippen LogP contribution in [0.25, 0.3) is 11.3 Å². The predicted molar refractivity (Wildman–Crippen MR) is 82.1 cm³/mol. The quantitative estimate of drug-likeness (QED) is 0.821. The maximum absolute atomic E-state index is 12.9. The molecule has 4 nitrogen and oxygen atoms in total. The zero-order chi connectivity index (χ0) is 15.2. The lowest BCUT2D eigenvalue weighted by molar-refractivity contribution is 0.160. The molecule has 2 rings (SSSR count). The number of rotatable bonds is 5. The number of benzene rings is 1. The van der Waals surface area contributed by atoms with E-state index in [1.807, 2.05) is 13.8 Å². The number of aryl methyl sites for hydroxylation is 1. The standard InChI is InChI=1S/C15H17FN2O2S/c1-3-4-9-20-15(19)18-14-17-13(10(2)21-14)11-5-7-12(16)8-6-11/h5-8H,3-4,9H2,1-2H3,(H,17,18,19). The molecule has 112 valence electrons. The Labute approximate surface area is 127 Å². The largest absolute Gasteiger partial charge is 0.449 e. The van der Waals surface area contributed by atoms with Crippen molar-refractivity contribution in [3.63, 3.8) is 0 Å². The molecule has 0 saturated heterocycles. The molecule has 1 aromatic carbocycles. The molecule has 0 bridgehead atoms. The number of unbranched alkanes of at least 4 members (excludes halogenated alkanes) is 1. The summed E-state index contributed by atoms with van der Waals surface area (Å²) >= 11 is 1.36. The third-order valence-electron chi connectivity index (χ3n) is 2.85. The van der Waals surface area contributed by atoms with E-state index >= 15 is 0 Å². The molecule has 0 unspecified atom stereocenters. The minimum absolute atomic E-state index is 0.288. The van der Waals surface area contributed by atoms with Crippen molar-refractivity contribution in [2.24, 2.45) is 0 Å². The predicted octanol–water partition coefficient (Wildman–Crippen LogP) is 4.61. The summed E-state index contributed by atoms with van der Waals surface area (Å²) in [6.45, 7) is 4.34. The van der Waals surface area contributed by atoms with Crippen molar-refractivity contribution in [1.82, 2.24) is 4.98 Å². The Morgan fingerprint density at radius 2 is 2.10 bits per heavy atom. The van der Waals surface area contributed by atoms with Crippen LogP contribution in [0.2, 0.25) is 0 Å². The van der Waals surface area contributed by atoms with Gasteiger partial charge in [0.2, 0.25) is 0 Å². The number of ether oxygens (including phenoxy) is 1. The molecule has 21 heavy (non-hydrogen) atoms. The number of nitrogens with zero attached hydrogens (tertiary/aromatic N) is 1. The Morgan fingerprint density at radius 1 is 1.38 bits per heavy atom. The van der Waals surface area contributed by atoms with Gasteiger partial charge in [0, 0.05) is 10.4 Å². The molecule has 2 aromatic rings. The van der Waals surface area contributed by atoms with Gasteiger partial charge in [0.15, 0.2) is 5.13 Å². The molecule has 6 heteroatoms. The number of aromatic nitrogens is 1. The Kier molecular flexibility index (Phi) is 5.27. The summed E-state index contributed by atoms with van der Waals surface area (Å²) in [7, 11) is 0. The van der Waals surface area contributed by atoms with Crippen molar-refractivity contribution in [3.8, 4) is 11.3 Å². The second-order valence-electron chi connectivity index (χ2n) is 4.55. The van der Waals surface area contributed by atoms with Gasteiger partial charge < -0.3 is 4.74 Å². The highest BCUT2D eigenvalue weighted by Gasteiger charge is 2.12. The minimum Gasteiger partial charge on any atom is -0.449 e. The van der Waals surface area contributed by atoms with Crippen molar-refractivity contribution in [3.05, 3.63) is 35.0 Å². The Balaban J connectivity index is 2.05. The topological polar surface area (TPSA) is 51.2 Å².